The lowest BCUT2D eigenvalue weighted by molar-refractivity contribution is -0.140. The molecule has 1 fully saturated rings. The number of ether oxygens (including phenoxy) is 2. The minimum absolute atomic E-state index is 0.0279. The van der Waals surface area contributed by atoms with Gasteiger partial charge in [-0.15, -0.1) is 0 Å². The van der Waals surface area contributed by atoms with Crippen LogP contribution in [0.4, 0.5) is 10.1 Å². The number of likely N-dealkylation sites (tertiary alicyclic amines) is 1. The zero-order chi connectivity index (χ0) is 27.4. The van der Waals surface area contributed by atoms with Crippen LogP contribution in [-0.4, -0.2) is 49.0 Å². The number of hydrogen-bond donors (Lipinski definition) is 1. The van der Waals surface area contributed by atoms with E-state index in [0.717, 1.165) is 18.8 Å². The SMILES string of the molecule is CCN(CC)c1ccc(C2/C(=C(/O)c3ccc(OC)c(OC)c3)C(=O)C(=O)N2Cc2ccc(F)cc2)cc1. The van der Waals surface area contributed by atoms with Gasteiger partial charge in [0, 0.05) is 30.9 Å². The lowest BCUT2D eigenvalue weighted by atomic mass is 9.94. The normalized spacial score (nSPS) is 16.6. The Morgan fingerprint density at radius 2 is 1.55 bits per heavy atom. The number of rotatable bonds is 9. The number of halogens is 1. The molecule has 7 nitrogen and oxygen atoms in total. The summed E-state index contributed by atoms with van der Waals surface area (Å²) < 4.78 is 24.2. The van der Waals surface area contributed by atoms with Crippen molar-refractivity contribution in [2.24, 2.45) is 0 Å². The summed E-state index contributed by atoms with van der Waals surface area (Å²) in [5.41, 5.74) is 2.62. The maximum Gasteiger partial charge on any atom is 0.295 e. The van der Waals surface area contributed by atoms with Crippen molar-refractivity contribution in [3.8, 4) is 11.5 Å². The van der Waals surface area contributed by atoms with Crippen LogP contribution in [0.3, 0.4) is 0 Å². The molecule has 8 heteroatoms. The first-order valence-electron chi connectivity index (χ1n) is 12.4. The fourth-order valence-corrected chi connectivity index (χ4v) is 4.77. The van der Waals surface area contributed by atoms with Crippen molar-refractivity contribution in [3.05, 3.63) is 94.8 Å². The molecule has 1 heterocycles. The lowest BCUT2D eigenvalue weighted by Gasteiger charge is -2.27. The van der Waals surface area contributed by atoms with Crippen molar-refractivity contribution in [1.29, 1.82) is 0 Å². The van der Waals surface area contributed by atoms with Crippen molar-refractivity contribution in [2.45, 2.75) is 26.4 Å². The van der Waals surface area contributed by atoms with Crippen molar-refractivity contribution in [2.75, 3.05) is 32.2 Å². The molecule has 3 aromatic rings. The molecule has 198 valence electrons. The molecule has 0 radical (unpaired) electrons. The van der Waals surface area contributed by atoms with Gasteiger partial charge in [-0.1, -0.05) is 24.3 Å². The van der Waals surface area contributed by atoms with E-state index in [0.29, 0.717) is 28.2 Å². The van der Waals surface area contributed by atoms with Crippen LogP contribution in [0, 0.1) is 5.82 Å². The largest absolute Gasteiger partial charge is 0.507 e. The number of carbonyl (C=O) groups excluding carboxylic acids is 2. The van der Waals surface area contributed by atoms with Crippen LogP contribution < -0.4 is 14.4 Å². The Labute approximate surface area is 221 Å². The molecule has 4 rings (SSSR count). The average Bonchev–Trinajstić information content (AvgIpc) is 3.19. The monoisotopic (exact) mass is 518 g/mol. The molecular formula is C30H31FN2O5. The molecule has 1 unspecified atom stereocenters. The number of methoxy groups -OCH3 is 2. The zero-order valence-electron chi connectivity index (χ0n) is 21.9. The third-order valence-corrected chi connectivity index (χ3v) is 6.80. The number of aliphatic hydroxyl groups is 1. The summed E-state index contributed by atoms with van der Waals surface area (Å²) in [6, 6.07) is 17.3. The second-order valence-corrected chi connectivity index (χ2v) is 8.89. The van der Waals surface area contributed by atoms with Gasteiger partial charge in [0.1, 0.15) is 11.6 Å². The maximum absolute atomic E-state index is 13.5. The Balaban J connectivity index is 1.84. The van der Waals surface area contributed by atoms with E-state index < -0.39 is 23.5 Å². The van der Waals surface area contributed by atoms with Gasteiger partial charge in [-0.2, -0.15) is 0 Å². The molecule has 0 saturated carbocycles. The van der Waals surface area contributed by atoms with E-state index in [9.17, 15) is 19.1 Å². The molecule has 0 bridgehead atoms. The first-order valence-corrected chi connectivity index (χ1v) is 12.4. The highest BCUT2D eigenvalue weighted by Crippen LogP contribution is 2.41. The molecule has 0 aromatic heterocycles. The Morgan fingerprint density at radius 1 is 0.921 bits per heavy atom. The summed E-state index contributed by atoms with van der Waals surface area (Å²) in [5.74, 6) is -1.41. The predicted molar refractivity (Wildman–Crippen MR) is 144 cm³/mol. The third-order valence-electron chi connectivity index (χ3n) is 6.80. The molecule has 1 aliphatic rings. The van der Waals surface area contributed by atoms with Gasteiger partial charge in [0.25, 0.3) is 11.7 Å². The topological polar surface area (TPSA) is 79.3 Å². The number of nitrogens with zero attached hydrogens (tertiary/aromatic N) is 2. The zero-order valence-corrected chi connectivity index (χ0v) is 21.9. The van der Waals surface area contributed by atoms with Crippen LogP contribution in [0.2, 0.25) is 0 Å². The lowest BCUT2D eigenvalue weighted by Crippen LogP contribution is -2.29. The van der Waals surface area contributed by atoms with Crippen molar-refractivity contribution < 1.29 is 28.6 Å². The summed E-state index contributed by atoms with van der Waals surface area (Å²) in [5, 5.41) is 11.4. The number of carbonyl (C=O) groups is 2. The summed E-state index contributed by atoms with van der Waals surface area (Å²) in [4.78, 5) is 30.3. The standard InChI is InChI=1S/C30H31FN2O5/c1-5-32(6-2)23-14-9-20(10-15-23)27-26(28(34)21-11-16-24(37-3)25(17-21)38-4)29(35)30(36)33(27)18-19-7-12-22(31)13-8-19/h7-17,27,34H,5-6,18H2,1-4H3/b28-26-. The van der Waals surface area contributed by atoms with Gasteiger partial charge in [0.2, 0.25) is 0 Å². The minimum Gasteiger partial charge on any atom is -0.507 e. The molecule has 3 aromatic carbocycles. The number of ketones is 1. The van der Waals surface area contributed by atoms with Crippen molar-refractivity contribution in [1.82, 2.24) is 4.90 Å². The third kappa shape index (κ3) is 5.07. The summed E-state index contributed by atoms with van der Waals surface area (Å²) in [7, 11) is 2.97. The van der Waals surface area contributed by atoms with Gasteiger partial charge in [-0.05, 0) is 67.4 Å². The average molecular weight is 519 g/mol. The predicted octanol–water partition coefficient (Wildman–Crippen LogP) is 5.31. The van der Waals surface area contributed by atoms with Gasteiger partial charge in [-0.25, -0.2) is 4.39 Å². The summed E-state index contributed by atoms with van der Waals surface area (Å²) in [6.45, 7) is 5.86. The van der Waals surface area contributed by atoms with Crippen molar-refractivity contribution in [3.63, 3.8) is 0 Å². The second-order valence-electron chi connectivity index (χ2n) is 8.89. The van der Waals surface area contributed by atoms with E-state index in [1.54, 1.807) is 30.3 Å². The van der Waals surface area contributed by atoms with Crippen LogP contribution in [0.25, 0.3) is 5.76 Å². The maximum atomic E-state index is 13.5. The summed E-state index contributed by atoms with van der Waals surface area (Å²) in [6.07, 6.45) is 0. The van der Waals surface area contributed by atoms with Crippen molar-refractivity contribution >= 4 is 23.1 Å². The number of amides is 1. The fourth-order valence-electron chi connectivity index (χ4n) is 4.77. The summed E-state index contributed by atoms with van der Waals surface area (Å²) >= 11 is 0. The quantitative estimate of drug-likeness (QED) is 0.235. The first-order chi connectivity index (χ1) is 18.3. The minimum atomic E-state index is -0.848. The van der Waals surface area contributed by atoms with Gasteiger partial charge in [-0.3, -0.25) is 9.59 Å². The number of anilines is 1. The number of Topliss-reactive ketones (excluding diaryl/α,β-unsaturated/α-hetero) is 1. The van der Waals surface area contributed by atoms with Gasteiger partial charge < -0.3 is 24.4 Å². The van der Waals surface area contributed by atoms with Gasteiger partial charge in [0.05, 0.1) is 25.8 Å². The first kappa shape index (κ1) is 26.7. The van der Waals surface area contributed by atoms with Gasteiger partial charge >= 0.3 is 0 Å². The van der Waals surface area contributed by atoms with E-state index >= 15 is 0 Å². The van der Waals surface area contributed by atoms with E-state index in [-0.39, 0.29) is 17.9 Å². The molecular weight excluding hydrogens is 487 g/mol. The van der Waals surface area contributed by atoms with Crippen LogP contribution in [-0.2, 0) is 16.1 Å². The Bertz CT molecular complexity index is 1350. The number of aliphatic hydroxyl groups excluding tert-OH is 1. The van der Waals surface area contributed by atoms with Crippen LogP contribution >= 0.6 is 0 Å². The highest BCUT2D eigenvalue weighted by Gasteiger charge is 2.46. The van der Waals surface area contributed by atoms with E-state index in [4.69, 9.17) is 9.47 Å². The van der Waals surface area contributed by atoms with Crippen LogP contribution in [0.15, 0.2) is 72.3 Å². The van der Waals surface area contributed by atoms with E-state index in [2.05, 4.69) is 18.7 Å². The fraction of sp³-hybridized carbons (Fsp3) is 0.267. The smallest absolute Gasteiger partial charge is 0.295 e. The molecule has 0 spiro atoms. The van der Waals surface area contributed by atoms with Crippen LogP contribution in [0.5, 0.6) is 11.5 Å². The molecule has 1 saturated heterocycles. The molecule has 1 amide bonds. The van der Waals surface area contributed by atoms with E-state index in [1.807, 2.05) is 24.3 Å². The van der Waals surface area contributed by atoms with Gasteiger partial charge in [0.15, 0.2) is 11.5 Å². The van der Waals surface area contributed by atoms with Crippen LogP contribution in [0.1, 0.15) is 36.6 Å². The van der Waals surface area contributed by atoms with E-state index in [1.165, 1.54) is 31.3 Å². The molecule has 38 heavy (non-hydrogen) atoms. The molecule has 0 aliphatic carbocycles. The second kappa shape index (κ2) is 11.4. The molecule has 1 atom stereocenters. The Hall–Kier alpha value is -4.33. The molecule has 1 aliphatic heterocycles. The Morgan fingerprint density at radius 3 is 2.13 bits per heavy atom. The molecule has 1 N–H and O–H groups in total. The Kier molecular flexibility index (Phi) is 8.00. The number of benzene rings is 3. The number of hydrogen-bond acceptors (Lipinski definition) is 6. The highest BCUT2D eigenvalue weighted by atomic mass is 19.1. The highest BCUT2D eigenvalue weighted by molar-refractivity contribution is 6.46.